The van der Waals surface area contributed by atoms with Crippen LogP contribution in [-0.4, -0.2) is 28.5 Å². The number of nitrogens with zero attached hydrogens (tertiary/aromatic N) is 2. The van der Waals surface area contributed by atoms with E-state index in [1.54, 1.807) is 12.4 Å². The van der Waals surface area contributed by atoms with Gasteiger partial charge in [-0.15, -0.1) is 0 Å². The quantitative estimate of drug-likeness (QED) is 0.869. The molecule has 4 rings (SSSR count). The topological polar surface area (TPSA) is 66.9 Å². The molecule has 21 heavy (non-hydrogen) atoms. The van der Waals surface area contributed by atoms with Crippen molar-refractivity contribution in [2.24, 2.45) is 23.7 Å². The SMILES string of the molecule is CCCNc1cnc(C(=O)NC2C3C4CCC(C4)C23)cn1. The second-order valence-corrected chi connectivity index (χ2v) is 6.70. The first-order valence-electron chi connectivity index (χ1n) is 8.14. The lowest BCUT2D eigenvalue weighted by Gasteiger charge is -2.10. The Balaban J connectivity index is 1.35. The van der Waals surface area contributed by atoms with Crippen molar-refractivity contribution in [3.63, 3.8) is 0 Å². The van der Waals surface area contributed by atoms with Gasteiger partial charge in [0.1, 0.15) is 11.5 Å². The highest BCUT2D eigenvalue weighted by molar-refractivity contribution is 5.92. The molecular formula is C16H22N4O. The van der Waals surface area contributed by atoms with Gasteiger partial charge in [0.2, 0.25) is 0 Å². The second-order valence-electron chi connectivity index (χ2n) is 6.70. The van der Waals surface area contributed by atoms with Crippen LogP contribution in [0.4, 0.5) is 5.82 Å². The summed E-state index contributed by atoms with van der Waals surface area (Å²) in [5.74, 6) is 3.92. The van der Waals surface area contributed by atoms with Crippen LogP contribution in [0, 0.1) is 23.7 Å². The number of amides is 1. The van der Waals surface area contributed by atoms with E-state index in [1.165, 1.54) is 19.3 Å². The predicted octanol–water partition coefficient (Wildman–Crippen LogP) is 2.07. The number of anilines is 1. The third kappa shape index (κ3) is 2.19. The van der Waals surface area contributed by atoms with Crippen LogP contribution in [0.25, 0.3) is 0 Å². The lowest BCUT2D eigenvalue weighted by atomic mass is 10.0. The van der Waals surface area contributed by atoms with Gasteiger partial charge in [-0.25, -0.2) is 9.97 Å². The van der Waals surface area contributed by atoms with Crippen LogP contribution in [0.5, 0.6) is 0 Å². The Morgan fingerprint density at radius 3 is 2.62 bits per heavy atom. The van der Waals surface area contributed by atoms with Crippen LogP contribution in [-0.2, 0) is 0 Å². The van der Waals surface area contributed by atoms with E-state index in [1.807, 2.05) is 0 Å². The largest absolute Gasteiger partial charge is 0.369 e. The van der Waals surface area contributed by atoms with Crippen LogP contribution in [0.3, 0.4) is 0 Å². The maximum Gasteiger partial charge on any atom is 0.271 e. The number of carbonyl (C=O) groups excluding carboxylic acids is 1. The Bertz CT molecular complexity index is 528. The van der Waals surface area contributed by atoms with Crippen molar-refractivity contribution >= 4 is 11.7 Å². The van der Waals surface area contributed by atoms with Crippen molar-refractivity contribution < 1.29 is 4.79 Å². The Morgan fingerprint density at radius 1 is 1.24 bits per heavy atom. The number of fused-ring (bicyclic) bond motifs is 5. The van der Waals surface area contributed by atoms with Gasteiger partial charge in [0.05, 0.1) is 12.4 Å². The molecule has 3 saturated carbocycles. The summed E-state index contributed by atoms with van der Waals surface area (Å²) < 4.78 is 0. The molecule has 3 aliphatic carbocycles. The van der Waals surface area contributed by atoms with Gasteiger partial charge >= 0.3 is 0 Å². The summed E-state index contributed by atoms with van der Waals surface area (Å²) in [5, 5.41) is 6.33. The van der Waals surface area contributed by atoms with Crippen molar-refractivity contribution in [2.75, 3.05) is 11.9 Å². The summed E-state index contributed by atoms with van der Waals surface area (Å²) in [6.07, 6.45) is 8.39. The number of rotatable bonds is 5. The van der Waals surface area contributed by atoms with E-state index in [0.29, 0.717) is 11.7 Å². The molecule has 1 aromatic heterocycles. The molecule has 1 aromatic rings. The van der Waals surface area contributed by atoms with Gasteiger partial charge in [-0.1, -0.05) is 6.92 Å². The standard InChI is InChI=1S/C16H22N4O/c1-2-5-17-12-8-18-11(7-19-12)16(21)20-15-13-9-3-4-10(6-9)14(13)15/h7-10,13-15H,2-6H2,1H3,(H,17,19)(H,20,21). The fourth-order valence-corrected chi connectivity index (χ4v) is 4.53. The fourth-order valence-electron chi connectivity index (χ4n) is 4.53. The number of nitrogens with one attached hydrogen (secondary N) is 2. The molecule has 2 bridgehead atoms. The molecule has 2 N–H and O–H groups in total. The van der Waals surface area contributed by atoms with Crippen LogP contribution >= 0.6 is 0 Å². The summed E-state index contributed by atoms with van der Waals surface area (Å²) in [6.45, 7) is 2.97. The third-order valence-corrected chi connectivity index (χ3v) is 5.47. The smallest absolute Gasteiger partial charge is 0.271 e. The lowest BCUT2D eigenvalue weighted by molar-refractivity contribution is 0.0939. The van der Waals surface area contributed by atoms with E-state index in [0.717, 1.165) is 42.5 Å². The third-order valence-electron chi connectivity index (χ3n) is 5.47. The normalized spacial score (nSPS) is 35.4. The van der Waals surface area contributed by atoms with E-state index in [2.05, 4.69) is 27.5 Å². The molecule has 0 aromatic carbocycles. The molecule has 3 aliphatic rings. The molecule has 0 spiro atoms. The van der Waals surface area contributed by atoms with Crippen molar-refractivity contribution in [1.29, 1.82) is 0 Å². The Morgan fingerprint density at radius 2 is 2.00 bits per heavy atom. The van der Waals surface area contributed by atoms with Gasteiger partial charge in [0, 0.05) is 12.6 Å². The van der Waals surface area contributed by atoms with Crippen LogP contribution in [0.15, 0.2) is 12.4 Å². The molecule has 5 heteroatoms. The average molecular weight is 286 g/mol. The van der Waals surface area contributed by atoms with Crippen molar-refractivity contribution in [2.45, 2.75) is 38.6 Å². The highest BCUT2D eigenvalue weighted by Crippen LogP contribution is 2.65. The highest BCUT2D eigenvalue weighted by atomic mass is 16.2. The molecule has 0 radical (unpaired) electrons. The zero-order valence-corrected chi connectivity index (χ0v) is 12.4. The first-order valence-corrected chi connectivity index (χ1v) is 8.14. The first kappa shape index (κ1) is 13.0. The molecule has 112 valence electrons. The van der Waals surface area contributed by atoms with E-state index < -0.39 is 0 Å². The highest BCUT2D eigenvalue weighted by Gasteiger charge is 2.65. The van der Waals surface area contributed by atoms with Crippen molar-refractivity contribution in [3.8, 4) is 0 Å². The average Bonchev–Trinajstić information content (AvgIpc) is 2.90. The Hall–Kier alpha value is -1.65. The van der Waals surface area contributed by atoms with E-state index in [9.17, 15) is 4.79 Å². The monoisotopic (exact) mass is 286 g/mol. The zero-order chi connectivity index (χ0) is 14.4. The molecule has 3 fully saturated rings. The summed E-state index contributed by atoms with van der Waals surface area (Å²) in [6, 6.07) is 0.406. The van der Waals surface area contributed by atoms with Crippen LogP contribution < -0.4 is 10.6 Å². The molecule has 4 atom stereocenters. The minimum atomic E-state index is -0.0664. The molecule has 5 nitrogen and oxygen atoms in total. The van der Waals surface area contributed by atoms with E-state index in [4.69, 9.17) is 0 Å². The number of aromatic nitrogens is 2. The van der Waals surface area contributed by atoms with Gasteiger partial charge in [0.25, 0.3) is 5.91 Å². The van der Waals surface area contributed by atoms with Gasteiger partial charge in [-0.2, -0.15) is 0 Å². The molecular weight excluding hydrogens is 264 g/mol. The van der Waals surface area contributed by atoms with Gasteiger partial charge in [-0.05, 0) is 49.4 Å². The summed E-state index contributed by atoms with van der Waals surface area (Å²) >= 11 is 0. The molecule has 1 amide bonds. The molecule has 0 saturated heterocycles. The summed E-state index contributed by atoms with van der Waals surface area (Å²) in [4.78, 5) is 20.7. The summed E-state index contributed by atoms with van der Waals surface area (Å²) in [5.41, 5.74) is 0.425. The minimum Gasteiger partial charge on any atom is -0.369 e. The fraction of sp³-hybridized carbons (Fsp3) is 0.688. The Labute approximate surface area is 124 Å². The van der Waals surface area contributed by atoms with Gasteiger partial charge < -0.3 is 10.6 Å². The molecule has 0 aliphatic heterocycles. The van der Waals surface area contributed by atoms with Crippen molar-refractivity contribution in [1.82, 2.24) is 15.3 Å². The predicted molar refractivity (Wildman–Crippen MR) is 79.9 cm³/mol. The zero-order valence-electron chi connectivity index (χ0n) is 12.4. The minimum absolute atomic E-state index is 0.0664. The first-order chi connectivity index (χ1) is 10.3. The second kappa shape index (κ2) is 4.97. The number of hydrogen-bond acceptors (Lipinski definition) is 4. The molecule has 1 heterocycles. The number of carbonyl (C=O) groups is 1. The maximum atomic E-state index is 12.3. The van der Waals surface area contributed by atoms with Crippen LogP contribution in [0.2, 0.25) is 0 Å². The summed E-state index contributed by atoms with van der Waals surface area (Å²) in [7, 11) is 0. The van der Waals surface area contributed by atoms with Crippen LogP contribution in [0.1, 0.15) is 43.1 Å². The van der Waals surface area contributed by atoms with Gasteiger partial charge in [0.15, 0.2) is 0 Å². The van der Waals surface area contributed by atoms with Gasteiger partial charge in [-0.3, -0.25) is 4.79 Å². The lowest BCUT2D eigenvalue weighted by Crippen LogP contribution is -2.30. The maximum absolute atomic E-state index is 12.3. The molecule has 4 unspecified atom stereocenters. The number of hydrogen-bond donors (Lipinski definition) is 2. The van der Waals surface area contributed by atoms with E-state index in [-0.39, 0.29) is 5.91 Å². The van der Waals surface area contributed by atoms with Crippen molar-refractivity contribution in [3.05, 3.63) is 18.1 Å². The van der Waals surface area contributed by atoms with E-state index >= 15 is 0 Å². The Kier molecular flexibility index (Phi) is 3.08.